The summed E-state index contributed by atoms with van der Waals surface area (Å²) in [5.74, 6) is 2.22. The van der Waals surface area contributed by atoms with Crippen LogP contribution in [0.2, 0.25) is 0 Å². The van der Waals surface area contributed by atoms with Gasteiger partial charge in [-0.05, 0) is 66.8 Å². The SMILES string of the molecule is COc1ccc2[nH]c(C)c(C[C@H]3c4cc(OC)c(OC)cc4CCN3C=O)c2c1. The number of aryl methyl sites for hydroxylation is 1. The number of H-pyrrole nitrogens is 1. The molecule has 2 heterocycles. The zero-order valence-corrected chi connectivity index (χ0v) is 17.2. The number of nitrogens with one attached hydrogen (secondary N) is 1. The lowest BCUT2D eigenvalue weighted by Crippen LogP contribution is -2.35. The molecule has 3 aromatic rings. The van der Waals surface area contributed by atoms with Gasteiger partial charge in [-0.3, -0.25) is 4.79 Å². The summed E-state index contributed by atoms with van der Waals surface area (Å²) in [6, 6.07) is 10.0. The number of methoxy groups -OCH3 is 3. The largest absolute Gasteiger partial charge is 0.497 e. The molecule has 1 amide bonds. The van der Waals surface area contributed by atoms with Crippen LogP contribution in [-0.4, -0.2) is 44.2 Å². The molecule has 0 aliphatic carbocycles. The molecule has 6 nitrogen and oxygen atoms in total. The Balaban J connectivity index is 1.81. The quantitative estimate of drug-likeness (QED) is 0.646. The number of ether oxygens (including phenoxy) is 3. The molecule has 0 saturated heterocycles. The topological polar surface area (TPSA) is 63.8 Å². The second kappa shape index (κ2) is 7.70. The number of benzene rings is 2. The number of hydrogen-bond acceptors (Lipinski definition) is 4. The van der Waals surface area contributed by atoms with Gasteiger partial charge in [-0.25, -0.2) is 0 Å². The smallest absolute Gasteiger partial charge is 0.210 e. The molecule has 0 unspecified atom stereocenters. The third kappa shape index (κ3) is 3.28. The summed E-state index contributed by atoms with van der Waals surface area (Å²) in [7, 11) is 4.95. The van der Waals surface area contributed by atoms with Gasteiger partial charge in [-0.1, -0.05) is 0 Å². The second-order valence-electron chi connectivity index (χ2n) is 7.36. The van der Waals surface area contributed by atoms with Crippen molar-refractivity contribution >= 4 is 17.3 Å². The number of hydrogen-bond donors (Lipinski definition) is 1. The molecule has 0 bridgehead atoms. The van der Waals surface area contributed by atoms with E-state index in [1.165, 1.54) is 11.1 Å². The van der Waals surface area contributed by atoms with E-state index >= 15 is 0 Å². The highest BCUT2D eigenvalue weighted by molar-refractivity contribution is 5.86. The number of carbonyl (C=O) groups is 1. The number of rotatable bonds is 6. The van der Waals surface area contributed by atoms with E-state index in [9.17, 15) is 4.79 Å². The van der Waals surface area contributed by atoms with Crippen LogP contribution in [0.5, 0.6) is 17.2 Å². The summed E-state index contributed by atoms with van der Waals surface area (Å²) < 4.78 is 16.4. The van der Waals surface area contributed by atoms with Gasteiger partial charge in [0.1, 0.15) is 5.75 Å². The fourth-order valence-corrected chi connectivity index (χ4v) is 4.35. The first kappa shape index (κ1) is 19.2. The highest BCUT2D eigenvalue weighted by Gasteiger charge is 2.29. The molecule has 152 valence electrons. The third-order valence-corrected chi connectivity index (χ3v) is 5.90. The molecule has 1 N–H and O–H groups in total. The predicted octanol–water partition coefficient (Wildman–Crippen LogP) is 3.80. The highest BCUT2D eigenvalue weighted by atomic mass is 16.5. The second-order valence-corrected chi connectivity index (χ2v) is 7.36. The van der Waals surface area contributed by atoms with E-state index in [1.54, 1.807) is 21.3 Å². The molecular weight excluding hydrogens is 368 g/mol. The van der Waals surface area contributed by atoms with Crippen LogP contribution in [0.4, 0.5) is 0 Å². The summed E-state index contributed by atoms with van der Waals surface area (Å²) in [4.78, 5) is 17.2. The number of aromatic nitrogens is 1. The Morgan fingerprint density at radius 3 is 2.55 bits per heavy atom. The van der Waals surface area contributed by atoms with Gasteiger partial charge in [-0.15, -0.1) is 0 Å². The van der Waals surface area contributed by atoms with Crippen molar-refractivity contribution in [3.05, 3.63) is 52.7 Å². The average Bonchev–Trinajstić information content (AvgIpc) is 3.07. The first-order valence-electron chi connectivity index (χ1n) is 9.70. The van der Waals surface area contributed by atoms with Crippen LogP contribution in [-0.2, 0) is 17.6 Å². The maximum atomic E-state index is 11.9. The Labute approximate surface area is 170 Å². The van der Waals surface area contributed by atoms with Gasteiger partial charge in [0, 0.05) is 23.1 Å². The van der Waals surface area contributed by atoms with Gasteiger partial charge in [0.25, 0.3) is 0 Å². The summed E-state index contributed by atoms with van der Waals surface area (Å²) in [5.41, 5.74) is 5.67. The minimum absolute atomic E-state index is 0.0695. The maximum Gasteiger partial charge on any atom is 0.210 e. The number of amides is 1. The van der Waals surface area contributed by atoms with E-state index in [2.05, 4.69) is 18.0 Å². The van der Waals surface area contributed by atoms with Crippen molar-refractivity contribution in [1.82, 2.24) is 9.88 Å². The van der Waals surface area contributed by atoms with Crippen molar-refractivity contribution in [2.75, 3.05) is 27.9 Å². The predicted molar refractivity (Wildman–Crippen MR) is 112 cm³/mol. The molecule has 29 heavy (non-hydrogen) atoms. The third-order valence-electron chi connectivity index (χ3n) is 5.90. The van der Waals surface area contributed by atoms with Gasteiger partial charge >= 0.3 is 0 Å². The van der Waals surface area contributed by atoms with Crippen LogP contribution in [0.25, 0.3) is 10.9 Å². The molecule has 0 spiro atoms. The molecule has 4 rings (SSSR count). The Hall–Kier alpha value is -3.15. The van der Waals surface area contributed by atoms with E-state index in [-0.39, 0.29) is 6.04 Å². The molecule has 1 aliphatic rings. The van der Waals surface area contributed by atoms with Crippen molar-refractivity contribution in [2.24, 2.45) is 0 Å². The first-order chi connectivity index (χ1) is 14.1. The molecular formula is C23H26N2O4. The highest BCUT2D eigenvalue weighted by Crippen LogP contribution is 2.40. The van der Waals surface area contributed by atoms with Crippen LogP contribution in [0.15, 0.2) is 30.3 Å². The van der Waals surface area contributed by atoms with Gasteiger partial charge in [0.05, 0.1) is 27.4 Å². The Kier molecular flexibility index (Phi) is 5.09. The van der Waals surface area contributed by atoms with Gasteiger partial charge in [-0.2, -0.15) is 0 Å². The first-order valence-corrected chi connectivity index (χ1v) is 9.70. The monoisotopic (exact) mass is 394 g/mol. The van der Waals surface area contributed by atoms with E-state index in [0.29, 0.717) is 18.7 Å². The van der Waals surface area contributed by atoms with Crippen molar-refractivity contribution < 1.29 is 19.0 Å². The number of carbonyl (C=O) groups excluding carboxylic acids is 1. The molecule has 0 fully saturated rings. The maximum absolute atomic E-state index is 11.9. The molecule has 6 heteroatoms. The van der Waals surface area contributed by atoms with Crippen LogP contribution >= 0.6 is 0 Å². The van der Waals surface area contributed by atoms with E-state index in [4.69, 9.17) is 14.2 Å². The van der Waals surface area contributed by atoms with Gasteiger partial charge in [0.15, 0.2) is 11.5 Å². The zero-order chi connectivity index (χ0) is 20.5. The minimum atomic E-state index is -0.0695. The molecule has 1 aromatic heterocycles. The van der Waals surface area contributed by atoms with Crippen LogP contribution in [0.3, 0.4) is 0 Å². The molecule has 0 radical (unpaired) electrons. The van der Waals surface area contributed by atoms with Crippen LogP contribution < -0.4 is 14.2 Å². The Morgan fingerprint density at radius 2 is 1.86 bits per heavy atom. The molecule has 0 saturated carbocycles. The van der Waals surface area contributed by atoms with Crippen LogP contribution in [0.1, 0.15) is 28.4 Å². The summed E-state index contributed by atoms with van der Waals surface area (Å²) in [6.07, 6.45) is 2.46. The summed E-state index contributed by atoms with van der Waals surface area (Å²) in [6.45, 7) is 2.76. The molecule has 2 aromatic carbocycles. The molecule has 1 atom stereocenters. The number of fused-ring (bicyclic) bond motifs is 2. The van der Waals surface area contributed by atoms with Crippen molar-refractivity contribution in [2.45, 2.75) is 25.8 Å². The standard InChI is InChI=1S/C23H26N2O4/c1-14-17(19-10-16(27-2)5-6-20(19)24-14)11-21-18-12-23(29-4)22(28-3)9-15(18)7-8-25(21)13-26/h5-6,9-10,12-13,21,24H,7-8,11H2,1-4H3/t21-/m0/s1. The van der Waals surface area contributed by atoms with Gasteiger partial charge in [0.2, 0.25) is 6.41 Å². The lowest BCUT2D eigenvalue weighted by molar-refractivity contribution is -0.120. The zero-order valence-electron chi connectivity index (χ0n) is 17.2. The Morgan fingerprint density at radius 1 is 1.10 bits per heavy atom. The van der Waals surface area contributed by atoms with Gasteiger partial charge < -0.3 is 24.1 Å². The minimum Gasteiger partial charge on any atom is -0.497 e. The summed E-state index contributed by atoms with van der Waals surface area (Å²) >= 11 is 0. The van der Waals surface area contributed by atoms with Crippen molar-refractivity contribution in [3.8, 4) is 17.2 Å². The van der Waals surface area contributed by atoms with Crippen molar-refractivity contribution in [3.63, 3.8) is 0 Å². The number of aromatic amines is 1. The van der Waals surface area contributed by atoms with E-state index < -0.39 is 0 Å². The lowest BCUT2D eigenvalue weighted by atomic mass is 9.88. The van der Waals surface area contributed by atoms with Crippen molar-refractivity contribution in [1.29, 1.82) is 0 Å². The van der Waals surface area contributed by atoms with E-state index in [0.717, 1.165) is 46.5 Å². The number of nitrogens with zero attached hydrogens (tertiary/aromatic N) is 1. The Bertz CT molecular complexity index is 1060. The normalized spacial score (nSPS) is 15.9. The van der Waals surface area contributed by atoms with E-state index in [1.807, 2.05) is 29.2 Å². The van der Waals surface area contributed by atoms with Crippen LogP contribution in [0, 0.1) is 6.92 Å². The fraction of sp³-hybridized carbons (Fsp3) is 0.348. The average molecular weight is 394 g/mol. The molecule has 1 aliphatic heterocycles. The lowest BCUT2D eigenvalue weighted by Gasteiger charge is -2.35. The fourth-order valence-electron chi connectivity index (χ4n) is 4.35. The summed E-state index contributed by atoms with van der Waals surface area (Å²) in [5, 5.41) is 1.13.